The molecule has 0 radical (unpaired) electrons. The summed E-state index contributed by atoms with van der Waals surface area (Å²) in [6.45, 7) is 0. The number of para-hydroxylation sites is 2. The molecule has 0 aromatic heterocycles. The molecule has 1 rings (SSSR count). The number of ether oxygens (including phenoxy) is 1. The Labute approximate surface area is 98.2 Å². The predicted octanol–water partition coefficient (Wildman–Crippen LogP) is -0.110. The van der Waals surface area contributed by atoms with Gasteiger partial charge in [-0.25, -0.2) is 4.79 Å². The van der Waals surface area contributed by atoms with Gasteiger partial charge in [0.25, 0.3) is 0 Å². The number of primary amides is 1. The van der Waals surface area contributed by atoms with E-state index < -0.39 is 17.9 Å². The summed E-state index contributed by atoms with van der Waals surface area (Å²) in [6.07, 6.45) is 0.124. The van der Waals surface area contributed by atoms with Crippen LogP contribution in [0.25, 0.3) is 0 Å². The number of benzene rings is 1. The Hall–Kier alpha value is -2.08. The van der Waals surface area contributed by atoms with Gasteiger partial charge in [-0.2, -0.15) is 0 Å². The summed E-state index contributed by atoms with van der Waals surface area (Å²) < 4.78 is 4.87. The van der Waals surface area contributed by atoms with Crippen LogP contribution in [0.1, 0.15) is 12.8 Å². The molecular formula is C11H14N2O4. The molecule has 0 aliphatic rings. The first-order chi connectivity index (χ1) is 8.00. The van der Waals surface area contributed by atoms with Crippen LogP contribution in [0.4, 0.5) is 0 Å². The molecule has 92 valence electrons. The van der Waals surface area contributed by atoms with E-state index in [1.807, 2.05) is 0 Å². The van der Waals surface area contributed by atoms with Crippen molar-refractivity contribution in [3.05, 3.63) is 24.3 Å². The van der Waals surface area contributed by atoms with Gasteiger partial charge in [-0.3, -0.25) is 4.79 Å². The number of nitrogens with two attached hydrogens (primary N) is 2. The van der Waals surface area contributed by atoms with Crippen molar-refractivity contribution in [2.75, 3.05) is 0 Å². The summed E-state index contributed by atoms with van der Waals surface area (Å²) in [5.74, 6) is -1.36. The monoisotopic (exact) mass is 238 g/mol. The minimum absolute atomic E-state index is 0.0110. The Bertz CT molecular complexity index is 420. The Balaban J connectivity index is 2.54. The lowest BCUT2D eigenvalue weighted by Gasteiger charge is -2.10. The fourth-order valence-corrected chi connectivity index (χ4v) is 1.14. The first-order valence-electron chi connectivity index (χ1n) is 5.04. The largest absolute Gasteiger partial charge is 0.504 e. The third-order valence-corrected chi connectivity index (χ3v) is 2.08. The van der Waals surface area contributed by atoms with E-state index in [9.17, 15) is 14.7 Å². The van der Waals surface area contributed by atoms with Gasteiger partial charge in [-0.1, -0.05) is 12.1 Å². The Kier molecular flexibility index (Phi) is 4.47. The van der Waals surface area contributed by atoms with Crippen molar-refractivity contribution in [2.24, 2.45) is 11.5 Å². The third kappa shape index (κ3) is 4.12. The molecule has 0 saturated carbocycles. The maximum Gasteiger partial charge on any atom is 0.328 e. The number of phenols is 1. The molecule has 0 unspecified atom stereocenters. The zero-order chi connectivity index (χ0) is 12.8. The highest BCUT2D eigenvalue weighted by Gasteiger charge is 2.17. The van der Waals surface area contributed by atoms with Crippen molar-refractivity contribution in [2.45, 2.75) is 18.9 Å². The Morgan fingerprint density at radius 3 is 2.59 bits per heavy atom. The molecule has 0 spiro atoms. The molecule has 17 heavy (non-hydrogen) atoms. The zero-order valence-corrected chi connectivity index (χ0v) is 9.13. The van der Waals surface area contributed by atoms with Crippen LogP contribution in [0, 0.1) is 0 Å². The van der Waals surface area contributed by atoms with E-state index in [0.29, 0.717) is 0 Å². The topological polar surface area (TPSA) is 116 Å². The first kappa shape index (κ1) is 13.0. The summed E-state index contributed by atoms with van der Waals surface area (Å²) in [6, 6.07) is 5.09. The second kappa shape index (κ2) is 5.86. The third-order valence-electron chi connectivity index (χ3n) is 2.08. The van der Waals surface area contributed by atoms with E-state index in [1.54, 1.807) is 12.1 Å². The van der Waals surface area contributed by atoms with Crippen LogP contribution in [-0.4, -0.2) is 23.0 Å². The number of hydrogen-bond donors (Lipinski definition) is 3. The molecule has 0 fully saturated rings. The molecule has 1 atom stereocenters. The highest BCUT2D eigenvalue weighted by atomic mass is 16.5. The number of phenolic OH excluding ortho intramolecular Hbond substituents is 1. The second-order valence-corrected chi connectivity index (χ2v) is 3.50. The molecule has 0 aliphatic heterocycles. The lowest BCUT2D eigenvalue weighted by molar-refractivity contribution is -0.136. The highest BCUT2D eigenvalue weighted by molar-refractivity contribution is 5.80. The van der Waals surface area contributed by atoms with Gasteiger partial charge in [0.1, 0.15) is 6.04 Å². The van der Waals surface area contributed by atoms with Crippen LogP contribution in [0.5, 0.6) is 11.5 Å². The van der Waals surface area contributed by atoms with Crippen molar-refractivity contribution in [3.8, 4) is 11.5 Å². The second-order valence-electron chi connectivity index (χ2n) is 3.50. The maximum absolute atomic E-state index is 11.5. The molecule has 0 saturated heterocycles. The number of carbonyl (C=O) groups is 2. The first-order valence-corrected chi connectivity index (χ1v) is 5.04. The van der Waals surface area contributed by atoms with Crippen molar-refractivity contribution in [1.29, 1.82) is 0 Å². The van der Waals surface area contributed by atoms with Gasteiger partial charge in [-0.15, -0.1) is 0 Å². The molecule has 1 aromatic rings. The summed E-state index contributed by atoms with van der Waals surface area (Å²) >= 11 is 0. The van der Waals surface area contributed by atoms with Gasteiger partial charge in [0.2, 0.25) is 5.91 Å². The van der Waals surface area contributed by atoms with Gasteiger partial charge in [0.15, 0.2) is 11.5 Å². The zero-order valence-electron chi connectivity index (χ0n) is 9.13. The molecule has 6 heteroatoms. The summed E-state index contributed by atoms with van der Waals surface area (Å²) in [5, 5.41) is 9.37. The van der Waals surface area contributed by atoms with Crippen LogP contribution < -0.4 is 16.2 Å². The minimum Gasteiger partial charge on any atom is -0.504 e. The number of esters is 1. The van der Waals surface area contributed by atoms with Gasteiger partial charge in [-0.05, 0) is 18.6 Å². The molecular weight excluding hydrogens is 224 g/mol. The fraction of sp³-hybridized carbons (Fsp3) is 0.273. The van der Waals surface area contributed by atoms with Gasteiger partial charge in [0, 0.05) is 6.42 Å². The predicted molar refractivity (Wildman–Crippen MR) is 60.1 cm³/mol. The van der Waals surface area contributed by atoms with E-state index in [2.05, 4.69) is 0 Å². The Morgan fingerprint density at radius 1 is 1.35 bits per heavy atom. The average molecular weight is 238 g/mol. The van der Waals surface area contributed by atoms with E-state index in [-0.39, 0.29) is 24.3 Å². The lowest BCUT2D eigenvalue weighted by atomic mass is 10.1. The molecule has 0 aliphatic carbocycles. The van der Waals surface area contributed by atoms with Crippen LogP contribution in [0.3, 0.4) is 0 Å². The normalized spacial score (nSPS) is 11.8. The molecule has 6 nitrogen and oxygen atoms in total. The number of aromatic hydroxyl groups is 1. The minimum atomic E-state index is -0.942. The van der Waals surface area contributed by atoms with Crippen molar-refractivity contribution in [1.82, 2.24) is 0 Å². The molecule has 1 amide bonds. The maximum atomic E-state index is 11.5. The van der Waals surface area contributed by atoms with Crippen molar-refractivity contribution < 1.29 is 19.4 Å². The Morgan fingerprint density at radius 2 is 2.00 bits per heavy atom. The molecule has 0 bridgehead atoms. The lowest BCUT2D eigenvalue weighted by Crippen LogP contribution is -2.35. The van der Waals surface area contributed by atoms with Crippen LogP contribution in [0.2, 0.25) is 0 Å². The quantitative estimate of drug-likeness (QED) is 0.489. The molecule has 1 aromatic carbocycles. The number of rotatable bonds is 5. The van der Waals surface area contributed by atoms with Gasteiger partial charge < -0.3 is 21.3 Å². The van der Waals surface area contributed by atoms with E-state index >= 15 is 0 Å². The standard InChI is InChI=1S/C11H14N2O4/c12-7(5-6-10(13)15)11(16)17-9-4-2-1-3-8(9)14/h1-4,7,14H,5-6,12H2,(H2,13,15)/t7-/m0/s1. The van der Waals surface area contributed by atoms with E-state index in [0.717, 1.165) is 0 Å². The fourth-order valence-electron chi connectivity index (χ4n) is 1.14. The molecule has 0 heterocycles. The smallest absolute Gasteiger partial charge is 0.328 e. The van der Waals surface area contributed by atoms with Crippen LogP contribution >= 0.6 is 0 Å². The number of amides is 1. The number of carbonyl (C=O) groups excluding carboxylic acids is 2. The SMILES string of the molecule is NC(=O)CC[C@H](N)C(=O)Oc1ccccc1O. The van der Waals surface area contributed by atoms with Gasteiger partial charge >= 0.3 is 5.97 Å². The summed E-state index contributed by atoms with van der Waals surface area (Å²) in [5.41, 5.74) is 10.4. The highest BCUT2D eigenvalue weighted by Crippen LogP contribution is 2.24. The van der Waals surface area contributed by atoms with Crippen LogP contribution in [-0.2, 0) is 9.59 Å². The average Bonchev–Trinajstić information content (AvgIpc) is 2.28. The van der Waals surface area contributed by atoms with E-state index in [4.69, 9.17) is 16.2 Å². The van der Waals surface area contributed by atoms with Crippen molar-refractivity contribution >= 4 is 11.9 Å². The van der Waals surface area contributed by atoms with Gasteiger partial charge in [0.05, 0.1) is 0 Å². The van der Waals surface area contributed by atoms with Crippen molar-refractivity contribution in [3.63, 3.8) is 0 Å². The number of hydrogen-bond acceptors (Lipinski definition) is 5. The summed E-state index contributed by atoms with van der Waals surface area (Å²) in [7, 11) is 0. The van der Waals surface area contributed by atoms with Crippen LogP contribution in [0.15, 0.2) is 24.3 Å². The summed E-state index contributed by atoms with van der Waals surface area (Å²) in [4.78, 5) is 22.0. The van der Waals surface area contributed by atoms with E-state index in [1.165, 1.54) is 12.1 Å². The molecule has 5 N–H and O–H groups in total.